The highest BCUT2D eigenvalue weighted by molar-refractivity contribution is 5.85. The first kappa shape index (κ1) is 35.5. The van der Waals surface area contributed by atoms with E-state index in [9.17, 15) is 24.6 Å². The fraction of sp³-hybridized carbons (Fsp3) is 0.444. The first-order valence-electron chi connectivity index (χ1n) is 17.4. The number of nitrogens with one attached hydrogen (secondary N) is 4. The zero-order chi connectivity index (χ0) is 35.9. The normalized spacial score (nSPS) is 21.5. The monoisotopic (exact) mass is 699 g/mol. The molecule has 5 atom stereocenters. The number of aliphatic hydroxyl groups is 2. The van der Waals surface area contributed by atoms with Crippen LogP contribution in [0.25, 0.3) is 11.2 Å². The molecule has 15 heteroatoms. The van der Waals surface area contributed by atoms with Crippen LogP contribution >= 0.6 is 0 Å². The molecular weight excluding hydrogens is 654 g/mol. The van der Waals surface area contributed by atoms with Crippen molar-refractivity contribution in [1.82, 2.24) is 35.5 Å². The largest absolute Gasteiger partial charge is 0.465 e. The SMILES string of the molecule is CCOC(=O)CNC(=O)N[C@@H]1CCN(c2nc(NCC(c3ccccc3)c3ccccc3)c3ncn([C@@H]4C[C@H](NC(=O)CC)[C@@H](O)[C@H]4O)c3n2)C1. The zero-order valence-electron chi connectivity index (χ0n) is 28.7. The fourth-order valence-electron chi connectivity index (χ4n) is 6.81. The number of esters is 1. The maximum absolute atomic E-state index is 12.5. The fourth-order valence-corrected chi connectivity index (χ4v) is 6.81. The number of fused-ring (bicyclic) bond motifs is 1. The van der Waals surface area contributed by atoms with E-state index in [-0.39, 0.29) is 43.9 Å². The third-order valence-electron chi connectivity index (χ3n) is 9.47. The van der Waals surface area contributed by atoms with Gasteiger partial charge in [0.15, 0.2) is 17.0 Å². The lowest BCUT2D eigenvalue weighted by molar-refractivity contribution is -0.141. The van der Waals surface area contributed by atoms with E-state index >= 15 is 0 Å². The standard InChI is InChI=1S/C36H45N9O6/c1-3-28(46)41-26-17-27(32(49)31(26)48)45-21-39-30-33(37-18-25(22-11-7-5-8-12-22)23-13-9-6-10-14-23)42-35(43-34(30)45)44-16-15-24(20-44)40-36(50)38-19-29(47)51-4-2/h5-14,21,24-27,31-32,48-49H,3-4,15-20H2,1-2H3,(H,41,46)(H,37,42,43)(H2,38,40,50)/t24-,26+,27-,31-,32+/m1/s1. The summed E-state index contributed by atoms with van der Waals surface area (Å²) in [4.78, 5) is 52.9. The Kier molecular flexibility index (Phi) is 11.3. The van der Waals surface area contributed by atoms with Gasteiger partial charge in [0, 0.05) is 38.0 Å². The molecule has 3 amide bonds. The topological polar surface area (TPSA) is 196 Å². The number of ether oxygens (including phenoxy) is 1. The van der Waals surface area contributed by atoms with E-state index in [2.05, 4.69) is 45.5 Å². The number of nitrogens with zero attached hydrogens (tertiary/aromatic N) is 5. The van der Waals surface area contributed by atoms with Gasteiger partial charge >= 0.3 is 12.0 Å². The first-order chi connectivity index (χ1) is 24.7. The summed E-state index contributed by atoms with van der Waals surface area (Å²) < 4.78 is 6.63. The van der Waals surface area contributed by atoms with E-state index in [4.69, 9.17) is 19.7 Å². The number of rotatable bonds is 13. The van der Waals surface area contributed by atoms with Gasteiger partial charge in [-0.3, -0.25) is 9.59 Å². The molecule has 51 heavy (non-hydrogen) atoms. The summed E-state index contributed by atoms with van der Waals surface area (Å²) in [6.45, 7) is 4.89. The van der Waals surface area contributed by atoms with E-state index in [1.54, 1.807) is 24.7 Å². The number of aliphatic hydroxyl groups excluding tert-OH is 2. The van der Waals surface area contributed by atoms with Crippen molar-refractivity contribution in [3.63, 3.8) is 0 Å². The van der Waals surface area contributed by atoms with Crippen LogP contribution < -0.4 is 26.2 Å². The second kappa shape index (κ2) is 16.2. The minimum Gasteiger partial charge on any atom is -0.465 e. The molecule has 0 radical (unpaired) electrons. The predicted octanol–water partition coefficient (Wildman–Crippen LogP) is 2.07. The number of urea groups is 1. The highest BCUT2D eigenvalue weighted by Gasteiger charge is 2.44. The van der Waals surface area contributed by atoms with E-state index < -0.39 is 36.3 Å². The molecule has 1 aliphatic heterocycles. The van der Waals surface area contributed by atoms with Crippen LogP contribution in [0.15, 0.2) is 67.0 Å². The van der Waals surface area contributed by atoms with Gasteiger partial charge in [-0.1, -0.05) is 67.6 Å². The van der Waals surface area contributed by atoms with Crippen molar-refractivity contribution in [3.8, 4) is 0 Å². The molecule has 2 aromatic heterocycles. The van der Waals surface area contributed by atoms with Crippen LogP contribution in [0, 0.1) is 0 Å². The van der Waals surface area contributed by atoms with E-state index in [1.807, 2.05) is 41.3 Å². The average Bonchev–Trinajstić information content (AvgIpc) is 3.86. The van der Waals surface area contributed by atoms with Crippen LogP contribution in [0.4, 0.5) is 16.6 Å². The predicted molar refractivity (Wildman–Crippen MR) is 190 cm³/mol. The summed E-state index contributed by atoms with van der Waals surface area (Å²) in [6.07, 6.45) is 0.408. The molecule has 1 aliphatic carbocycles. The minimum atomic E-state index is -1.17. The number of imidazole rings is 1. The summed E-state index contributed by atoms with van der Waals surface area (Å²) in [5.41, 5.74) is 3.21. The summed E-state index contributed by atoms with van der Waals surface area (Å²) in [7, 11) is 0. The molecule has 6 N–H and O–H groups in total. The molecule has 1 saturated carbocycles. The van der Waals surface area contributed by atoms with E-state index in [0.717, 1.165) is 11.1 Å². The van der Waals surface area contributed by atoms with Crippen molar-refractivity contribution < 1.29 is 29.3 Å². The molecular formula is C36H45N9O6. The number of carbonyl (C=O) groups excluding carboxylic acids is 3. The van der Waals surface area contributed by atoms with Crippen molar-refractivity contribution in [3.05, 3.63) is 78.1 Å². The average molecular weight is 700 g/mol. The lowest BCUT2D eigenvalue weighted by Crippen LogP contribution is -2.45. The molecule has 2 aliphatic rings. The second-order valence-electron chi connectivity index (χ2n) is 12.8. The molecule has 1 saturated heterocycles. The number of hydrogen-bond acceptors (Lipinski definition) is 11. The van der Waals surface area contributed by atoms with Gasteiger partial charge in [0.25, 0.3) is 0 Å². The Morgan fingerprint density at radius 2 is 1.67 bits per heavy atom. The van der Waals surface area contributed by atoms with Gasteiger partial charge in [0.1, 0.15) is 18.8 Å². The maximum atomic E-state index is 12.5. The first-order valence-corrected chi connectivity index (χ1v) is 17.4. The maximum Gasteiger partial charge on any atom is 0.325 e. The molecule has 4 aromatic rings. The van der Waals surface area contributed by atoms with Gasteiger partial charge < -0.3 is 45.7 Å². The van der Waals surface area contributed by atoms with Crippen LogP contribution in [0.3, 0.4) is 0 Å². The van der Waals surface area contributed by atoms with Crippen LogP contribution in [-0.4, -0.2) is 105 Å². The smallest absolute Gasteiger partial charge is 0.325 e. The lowest BCUT2D eigenvalue weighted by atomic mass is 9.91. The Bertz CT molecular complexity index is 1770. The van der Waals surface area contributed by atoms with Gasteiger partial charge in [-0.15, -0.1) is 0 Å². The molecule has 2 fully saturated rings. The third kappa shape index (κ3) is 8.21. The highest BCUT2D eigenvalue weighted by atomic mass is 16.5. The Balaban J connectivity index is 1.29. The van der Waals surface area contributed by atoms with Crippen molar-refractivity contribution >= 4 is 40.8 Å². The zero-order valence-corrected chi connectivity index (χ0v) is 28.7. The number of hydrogen-bond donors (Lipinski definition) is 6. The number of amides is 3. The van der Waals surface area contributed by atoms with Crippen LogP contribution in [0.1, 0.15) is 56.2 Å². The van der Waals surface area contributed by atoms with E-state index in [1.165, 1.54) is 0 Å². The summed E-state index contributed by atoms with van der Waals surface area (Å²) in [6, 6.07) is 18.5. The molecule has 3 heterocycles. The van der Waals surface area contributed by atoms with E-state index in [0.29, 0.717) is 49.0 Å². The summed E-state index contributed by atoms with van der Waals surface area (Å²) in [5, 5.41) is 33.8. The molecule has 2 aromatic carbocycles. The van der Waals surface area contributed by atoms with Crippen LogP contribution in [-0.2, 0) is 14.3 Å². The van der Waals surface area contributed by atoms with Gasteiger partial charge in [0.05, 0.1) is 25.0 Å². The van der Waals surface area contributed by atoms with Crippen LogP contribution in [0.2, 0.25) is 0 Å². The lowest BCUT2D eigenvalue weighted by Gasteiger charge is -2.22. The quantitative estimate of drug-likeness (QED) is 0.112. The Hall–Kier alpha value is -5.28. The molecule has 15 nitrogen and oxygen atoms in total. The van der Waals surface area contributed by atoms with Crippen molar-refractivity contribution in [2.24, 2.45) is 0 Å². The van der Waals surface area contributed by atoms with Crippen molar-refractivity contribution in [1.29, 1.82) is 0 Å². The number of anilines is 2. The van der Waals surface area contributed by atoms with Crippen molar-refractivity contribution in [2.45, 2.75) is 69.4 Å². The Morgan fingerprint density at radius 1 is 0.961 bits per heavy atom. The molecule has 0 bridgehead atoms. The second-order valence-corrected chi connectivity index (χ2v) is 12.8. The highest BCUT2D eigenvalue weighted by Crippen LogP contribution is 2.35. The van der Waals surface area contributed by atoms with Gasteiger partial charge in [-0.05, 0) is 30.9 Å². The van der Waals surface area contributed by atoms with Crippen molar-refractivity contribution in [2.75, 3.05) is 43.0 Å². The third-order valence-corrected chi connectivity index (χ3v) is 9.47. The molecule has 0 spiro atoms. The molecule has 0 unspecified atom stereocenters. The summed E-state index contributed by atoms with van der Waals surface area (Å²) >= 11 is 0. The summed E-state index contributed by atoms with van der Waals surface area (Å²) in [5.74, 6) is 0.170. The number of aromatic nitrogens is 4. The minimum absolute atomic E-state index is 0.00817. The van der Waals surface area contributed by atoms with Gasteiger partial charge in [-0.2, -0.15) is 9.97 Å². The Labute approximate surface area is 295 Å². The van der Waals surface area contributed by atoms with Crippen LogP contribution in [0.5, 0.6) is 0 Å². The molecule has 6 rings (SSSR count). The van der Waals surface area contributed by atoms with Gasteiger partial charge in [-0.25, -0.2) is 9.78 Å². The van der Waals surface area contributed by atoms with Gasteiger partial charge in [0.2, 0.25) is 11.9 Å². The number of carbonyl (C=O) groups is 3. The number of benzene rings is 2. The Morgan fingerprint density at radius 3 is 2.33 bits per heavy atom. The molecule has 270 valence electrons.